The summed E-state index contributed by atoms with van der Waals surface area (Å²) < 4.78 is 37.3. The maximum atomic E-state index is 12.4. The molecule has 106 valence electrons. The van der Waals surface area contributed by atoms with Crippen LogP contribution in [0.5, 0.6) is 0 Å². The Hall–Kier alpha value is -1.25. The molecule has 0 atom stereocenters. The molecule has 0 saturated heterocycles. The summed E-state index contributed by atoms with van der Waals surface area (Å²) >= 11 is 10.9. The van der Waals surface area contributed by atoms with Gasteiger partial charge in [0.05, 0.1) is 5.69 Å². The quantitative estimate of drug-likeness (QED) is 0.831. The van der Waals surface area contributed by atoms with Crippen LogP contribution in [0.25, 0.3) is 0 Å². The van der Waals surface area contributed by atoms with Gasteiger partial charge in [0.15, 0.2) is 0 Å². The molecule has 2 rings (SSSR count). The third-order valence-corrected chi connectivity index (χ3v) is 3.09. The van der Waals surface area contributed by atoms with Gasteiger partial charge in [-0.3, -0.25) is 0 Å². The first-order valence-electron chi connectivity index (χ1n) is 5.02. The van der Waals surface area contributed by atoms with Crippen LogP contribution in [0.4, 0.5) is 24.8 Å². The molecular weight excluding hydrogens is 336 g/mol. The molecule has 20 heavy (non-hydrogen) atoms. The highest BCUT2D eigenvalue weighted by Gasteiger charge is 2.30. The summed E-state index contributed by atoms with van der Waals surface area (Å²) in [4.78, 5) is 11.0. The first-order chi connectivity index (χ1) is 9.33. The number of hydrogen-bond acceptors (Lipinski definition) is 5. The maximum Gasteiger partial charge on any atom is 0.446 e. The van der Waals surface area contributed by atoms with Crippen molar-refractivity contribution in [3.05, 3.63) is 34.8 Å². The fraction of sp³-hybridized carbons (Fsp3) is 0.100. The summed E-state index contributed by atoms with van der Waals surface area (Å²) in [5.74, 6) is -0.0368. The number of para-hydroxylation sites is 1. The van der Waals surface area contributed by atoms with Crippen LogP contribution >= 0.6 is 35.0 Å². The first-order valence-corrected chi connectivity index (χ1v) is 6.59. The van der Waals surface area contributed by atoms with Gasteiger partial charge in [-0.05, 0) is 47.1 Å². The monoisotopic (exact) mass is 340 g/mol. The number of halogens is 5. The van der Waals surface area contributed by atoms with E-state index in [4.69, 9.17) is 23.2 Å². The number of alkyl halides is 3. The SMILES string of the molecule is FC(F)(F)Sc1ccccc1Nc1nc(Cl)nc(Cl)n1. The molecule has 4 nitrogen and oxygen atoms in total. The van der Waals surface area contributed by atoms with Crippen LogP contribution in [0, 0.1) is 0 Å². The Kier molecular flexibility index (Phi) is 4.56. The molecule has 0 bridgehead atoms. The molecule has 0 fully saturated rings. The molecule has 0 saturated carbocycles. The summed E-state index contributed by atoms with van der Waals surface area (Å²) in [6.45, 7) is 0. The van der Waals surface area contributed by atoms with Crippen LogP contribution in [0.2, 0.25) is 10.6 Å². The lowest BCUT2D eigenvalue weighted by Gasteiger charge is -2.11. The minimum atomic E-state index is -4.40. The summed E-state index contributed by atoms with van der Waals surface area (Å²) in [6, 6.07) is 5.85. The molecular formula is C10H5Cl2F3N4S. The third kappa shape index (κ3) is 4.39. The fourth-order valence-corrected chi connectivity index (χ4v) is 2.27. The summed E-state index contributed by atoms with van der Waals surface area (Å²) in [6.07, 6.45) is 0. The van der Waals surface area contributed by atoms with E-state index in [0.717, 1.165) is 0 Å². The standard InChI is InChI=1S/C10H5Cl2F3N4S/c11-7-17-8(12)19-9(18-7)16-5-3-1-2-4-6(5)20-10(13,14)15/h1-4H,(H,16,17,18,19). The predicted octanol–water partition coefficient (Wildman–Crippen LogP) is 4.53. The van der Waals surface area contributed by atoms with Crippen molar-refractivity contribution in [2.75, 3.05) is 5.32 Å². The molecule has 1 heterocycles. The minimum Gasteiger partial charge on any atom is -0.323 e. The Morgan fingerprint density at radius 3 is 2.20 bits per heavy atom. The number of aromatic nitrogens is 3. The van der Waals surface area contributed by atoms with Gasteiger partial charge in [0.25, 0.3) is 0 Å². The Balaban J connectivity index is 2.29. The highest BCUT2D eigenvalue weighted by molar-refractivity contribution is 8.00. The van der Waals surface area contributed by atoms with E-state index in [2.05, 4.69) is 20.3 Å². The van der Waals surface area contributed by atoms with Crippen molar-refractivity contribution < 1.29 is 13.2 Å². The van der Waals surface area contributed by atoms with Crippen molar-refractivity contribution in [1.29, 1.82) is 0 Å². The lowest BCUT2D eigenvalue weighted by molar-refractivity contribution is -0.0327. The van der Waals surface area contributed by atoms with Gasteiger partial charge in [-0.2, -0.15) is 28.1 Å². The fourth-order valence-electron chi connectivity index (χ4n) is 1.29. The zero-order chi connectivity index (χ0) is 14.8. The van der Waals surface area contributed by atoms with Crippen LogP contribution in [0.15, 0.2) is 29.2 Å². The second-order valence-electron chi connectivity index (χ2n) is 3.37. The van der Waals surface area contributed by atoms with E-state index in [1.807, 2.05) is 0 Å². The highest BCUT2D eigenvalue weighted by atomic mass is 35.5. The first kappa shape index (κ1) is 15.1. The zero-order valence-electron chi connectivity index (χ0n) is 9.45. The Morgan fingerprint density at radius 1 is 1.00 bits per heavy atom. The van der Waals surface area contributed by atoms with Gasteiger partial charge < -0.3 is 5.32 Å². The predicted molar refractivity (Wildman–Crippen MR) is 71.5 cm³/mol. The van der Waals surface area contributed by atoms with E-state index < -0.39 is 5.51 Å². The largest absolute Gasteiger partial charge is 0.446 e. The molecule has 1 N–H and O–H groups in total. The molecule has 1 aromatic carbocycles. The molecule has 0 unspecified atom stereocenters. The van der Waals surface area contributed by atoms with Crippen LogP contribution in [0.3, 0.4) is 0 Å². The van der Waals surface area contributed by atoms with Gasteiger partial charge in [0.2, 0.25) is 16.5 Å². The second kappa shape index (κ2) is 6.02. The van der Waals surface area contributed by atoms with Crippen LogP contribution in [-0.4, -0.2) is 20.5 Å². The lowest BCUT2D eigenvalue weighted by Crippen LogP contribution is -2.03. The molecule has 0 spiro atoms. The molecule has 0 aliphatic heterocycles. The van der Waals surface area contributed by atoms with Crippen molar-refractivity contribution in [3.8, 4) is 0 Å². The van der Waals surface area contributed by atoms with Gasteiger partial charge in [-0.25, -0.2) is 0 Å². The number of benzene rings is 1. The van der Waals surface area contributed by atoms with Crippen molar-refractivity contribution >= 4 is 46.6 Å². The van der Waals surface area contributed by atoms with E-state index in [9.17, 15) is 13.2 Å². The summed E-state index contributed by atoms with van der Waals surface area (Å²) in [5, 5.41) is 2.31. The van der Waals surface area contributed by atoms with Gasteiger partial charge in [-0.1, -0.05) is 12.1 Å². The van der Waals surface area contributed by atoms with Gasteiger partial charge in [0.1, 0.15) is 0 Å². The Labute approximate surface area is 125 Å². The molecule has 0 amide bonds. The van der Waals surface area contributed by atoms with Crippen molar-refractivity contribution in [2.45, 2.75) is 10.4 Å². The number of anilines is 2. The van der Waals surface area contributed by atoms with Gasteiger partial charge >= 0.3 is 5.51 Å². The van der Waals surface area contributed by atoms with Crippen LogP contribution in [0.1, 0.15) is 0 Å². The van der Waals surface area contributed by atoms with E-state index in [1.54, 1.807) is 6.07 Å². The summed E-state index contributed by atoms with van der Waals surface area (Å²) in [7, 11) is 0. The van der Waals surface area contributed by atoms with Crippen molar-refractivity contribution in [2.24, 2.45) is 0 Å². The average molecular weight is 341 g/mol. The molecule has 0 radical (unpaired) electrons. The van der Waals surface area contributed by atoms with Crippen molar-refractivity contribution in [1.82, 2.24) is 15.0 Å². The summed E-state index contributed by atoms with van der Waals surface area (Å²) in [5.41, 5.74) is -4.21. The number of rotatable bonds is 3. The van der Waals surface area contributed by atoms with E-state index in [1.165, 1.54) is 18.2 Å². The average Bonchev–Trinajstić information content (AvgIpc) is 2.28. The van der Waals surface area contributed by atoms with Crippen LogP contribution in [-0.2, 0) is 0 Å². The van der Waals surface area contributed by atoms with E-state index >= 15 is 0 Å². The molecule has 0 aliphatic rings. The van der Waals surface area contributed by atoms with E-state index in [-0.39, 0.29) is 38.9 Å². The number of hydrogen-bond donors (Lipinski definition) is 1. The number of nitrogens with zero attached hydrogens (tertiary/aromatic N) is 3. The highest BCUT2D eigenvalue weighted by Crippen LogP contribution is 2.40. The third-order valence-electron chi connectivity index (χ3n) is 1.94. The normalized spacial score (nSPS) is 11.4. The van der Waals surface area contributed by atoms with Crippen LogP contribution < -0.4 is 5.32 Å². The Bertz CT molecular complexity index is 603. The number of thioether (sulfide) groups is 1. The smallest absolute Gasteiger partial charge is 0.323 e. The maximum absolute atomic E-state index is 12.4. The van der Waals surface area contributed by atoms with Gasteiger partial charge in [-0.15, -0.1) is 0 Å². The zero-order valence-corrected chi connectivity index (χ0v) is 11.8. The molecule has 2 aromatic rings. The Morgan fingerprint density at radius 2 is 1.60 bits per heavy atom. The van der Waals surface area contributed by atoms with Gasteiger partial charge in [0, 0.05) is 4.90 Å². The topological polar surface area (TPSA) is 50.7 Å². The second-order valence-corrected chi connectivity index (χ2v) is 5.15. The molecule has 10 heteroatoms. The van der Waals surface area contributed by atoms with Crippen molar-refractivity contribution in [3.63, 3.8) is 0 Å². The lowest BCUT2D eigenvalue weighted by atomic mass is 10.3. The molecule has 1 aromatic heterocycles. The van der Waals surface area contributed by atoms with E-state index in [0.29, 0.717) is 0 Å². The number of nitrogens with one attached hydrogen (secondary N) is 1. The minimum absolute atomic E-state index is 0.0207. The molecule has 0 aliphatic carbocycles.